The number of amides is 6. The van der Waals surface area contributed by atoms with Gasteiger partial charge in [-0.25, -0.2) is 4.79 Å². The van der Waals surface area contributed by atoms with Crippen LogP contribution < -0.4 is 32.7 Å². The van der Waals surface area contributed by atoms with E-state index in [9.17, 15) is 43.8 Å². The van der Waals surface area contributed by atoms with Crippen LogP contribution in [-0.2, 0) is 40.0 Å². The maximum atomic E-state index is 13.8. The highest BCUT2D eigenvalue weighted by atomic mass is 16.4. The number of phenols is 1. The van der Waals surface area contributed by atoms with E-state index in [0.29, 0.717) is 24.8 Å². The van der Waals surface area contributed by atoms with E-state index in [1.54, 1.807) is 32.9 Å². The zero-order chi connectivity index (χ0) is 36.1. The van der Waals surface area contributed by atoms with Gasteiger partial charge in [0, 0.05) is 19.4 Å². The van der Waals surface area contributed by atoms with Crippen molar-refractivity contribution in [1.29, 1.82) is 0 Å². The quantitative estimate of drug-likeness (QED) is 0.0929. The van der Waals surface area contributed by atoms with Gasteiger partial charge >= 0.3 is 5.97 Å². The van der Waals surface area contributed by atoms with Crippen molar-refractivity contribution in [1.82, 2.24) is 26.2 Å². The van der Waals surface area contributed by atoms with E-state index in [1.165, 1.54) is 17.0 Å². The third-order valence-corrected chi connectivity index (χ3v) is 8.38. The summed E-state index contributed by atoms with van der Waals surface area (Å²) in [4.78, 5) is 90.1. The van der Waals surface area contributed by atoms with Crippen molar-refractivity contribution in [3.63, 3.8) is 0 Å². The first kappa shape index (κ1) is 39.4. The van der Waals surface area contributed by atoms with E-state index in [0.717, 1.165) is 0 Å². The van der Waals surface area contributed by atoms with Crippen molar-refractivity contribution >= 4 is 41.4 Å². The maximum absolute atomic E-state index is 13.8. The molecule has 266 valence electrons. The molecule has 0 radical (unpaired) electrons. The number of nitrogens with zero attached hydrogens (tertiary/aromatic N) is 1. The number of primary amides is 1. The number of nitrogens with two attached hydrogens (primary N) is 2. The third-order valence-electron chi connectivity index (χ3n) is 8.38. The number of hydrogen-bond donors (Lipinski definition) is 8. The lowest BCUT2D eigenvalue weighted by atomic mass is 9.97. The minimum Gasteiger partial charge on any atom is -0.508 e. The van der Waals surface area contributed by atoms with E-state index in [2.05, 4.69) is 21.3 Å². The summed E-state index contributed by atoms with van der Waals surface area (Å²) in [5.41, 5.74) is 11.7. The zero-order valence-corrected chi connectivity index (χ0v) is 27.9. The number of carboxylic acids is 1. The van der Waals surface area contributed by atoms with E-state index in [-0.39, 0.29) is 43.4 Å². The molecule has 0 saturated carbocycles. The highest BCUT2D eigenvalue weighted by Gasteiger charge is 2.40. The van der Waals surface area contributed by atoms with Crippen LogP contribution in [0.4, 0.5) is 0 Å². The molecule has 1 aromatic rings. The number of phenolic OH excluding ortho intramolecular Hbond substituents is 1. The molecule has 48 heavy (non-hydrogen) atoms. The maximum Gasteiger partial charge on any atom is 0.326 e. The Morgan fingerprint density at radius 3 is 2.17 bits per heavy atom. The van der Waals surface area contributed by atoms with Crippen molar-refractivity contribution in [3.05, 3.63) is 29.8 Å². The minimum absolute atomic E-state index is 0.0142. The highest BCUT2D eigenvalue weighted by molar-refractivity contribution is 5.95. The van der Waals surface area contributed by atoms with Crippen molar-refractivity contribution in [2.24, 2.45) is 23.3 Å². The van der Waals surface area contributed by atoms with E-state index < -0.39 is 78.2 Å². The number of aromatic hydroxyl groups is 1. The van der Waals surface area contributed by atoms with Crippen molar-refractivity contribution in [2.75, 3.05) is 13.1 Å². The fourth-order valence-electron chi connectivity index (χ4n) is 5.14. The molecule has 2 rings (SSSR count). The van der Waals surface area contributed by atoms with E-state index >= 15 is 0 Å². The van der Waals surface area contributed by atoms with Gasteiger partial charge in [0.2, 0.25) is 35.4 Å². The van der Waals surface area contributed by atoms with Crippen molar-refractivity contribution in [3.8, 4) is 5.75 Å². The Kier molecular flexibility index (Phi) is 15.3. The average molecular weight is 676 g/mol. The first-order chi connectivity index (χ1) is 22.5. The molecule has 1 saturated heterocycles. The van der Waals surface area contributed by atoms with Gasteiger partial charge in [-0.05, 0) is 48.8 Å². The molecule has 1 heterocycles. The Hall–Kier alpha value is -4.73. The van der Waals surface area contributed by atoms with Crippen LogP contribution in [0.3, 0.4) is 0 Å². The van der Waals surface area contributed by atoms with Crippen LogP contribution in [0.1, 0.15) is 65.4 Å². The van der Waals surface area contributed by atoms with Crippen molar-refractivity contribution in [2.45, 2.75) is 96.4 Å². The number of rotatable bonds is 18. The minimum atomic E-state index is -1.29. The third kappa shape index (κ3) is 11.8. The summed E-state index contributed by atoms with van der Waals surface area (Å²) in [5, 5.41) is 29.3. The number of aliphatic carboxylic acids is 1. The second kappa shape index (κ2) is 18.6. The van der Waals surface area contributed by atoms with Crippen LogP contribution in [-0.4, -0.2) is 99.8 Å². The van der Waals surface area contributed by atoms with Crippen molar-refractivity contribution < 1.29 is 43.8 Å². The molecule has 0 spiro atoms. The van der Waals surface area contributed by atoms with Gasteiger partial charge in [-0.3, -0.25) is 28.8 Å². The number of carbonyl (C=O) groups excluding carboxylic acids is 6. The Bertz CT molecular complexity index is 1320. The van der Waals surface area contributed by atoms with Gasteiger partial charge in [-0.1, -0.05) is 46.2 Å². The average Bonchev–Trinajstić information content (AvgIpc) is 3.54. The first-order valence-electron chi connectivity index (χ1n) is 16.1. The summed E-state index contributed by atoms with van der Waals surface area (Å²) in [5.74, 6) is -5.78. The molecule has 6 atom stereocenters. The van der Waals surface area contributed by atoms with Crippen LogP contribution in [0.25, 0.3) is 0 Å². The fourth-order valence-corrected chi connectivity index (χ4v) is 5.14. The van der Waals surface area contributed by atoms with E-state index in [1.807, 2.05) is 6.92 Å². The number of nitrogens with one attached hydrogen (secondary N) is 4. The van der Waals surface area contributed by atoms with Gasteiger partial charge < -0.3 is 47.8 Å². The summed E-state index contributed by atoms with van der Waals surface area (Å²) < 4.78 is 0. The molecule has 1 aliphatic heterocycles. The lowest BCUT2D eigenvalue weighted by Crippen LogP contribution is -2.58. The monoisotopic (exact) mass is 675 g/mol. The molecular weight excluding hydrogens is 626 g/mol. The van der Waals surface area contributed by atoms with Crippen LogP contribution in [0, 0.1) is 11.8 Å². The molecule has 16 heteroatoms. The Morgan fingerprint density at radius 1 is 0.958 bits per heavy atom. The number of benzene rings is 1. The number of carbonyl (C=O) groups is 7. The molecule has 0 unspecified atom stereocenters. The van der Waals surface area contributed by atoms with Crippen LogP contribution >= 0.6 is 0 Å². The molecule has 1 aromatic carbocycles. The number of hydrogen-bond acceptors (Lipinski definition) is 9. The second-order valence-corrected chi connectivity index (χ2v) is 12.4. The standard InChI is InChI=1S/C32H49N7O9/c1-5-18(4)27(38-25(42)16-35-28(43)21(12-13-24(33)41)36-30(45)26(34)17(2)3)31(46)39-14-6-7-23(39)29(44)37-22(32(47)48)15-19-8-10-20(40)11-9-19/h8-11,17-18,21-23,26-27,40H,5-7,12-16,34H2,1-4H3,(H2,33,41)(H,35,43)(H,36,45)(H,37,44)(H,38,42)(H,47,48)/t18-,21-,22-,23-,26-,27-/m0/s1. The number of carboxylic acid groups (broad SMARTS) is 1. The lowest BCUT2D eigenvalue weighted by molar-refractivity contribution is -0.145. The molecule has 1 aliphatic rings. The van der Waals surface area contributed by atoms with Crippen LogP contribution in [0.5, 0.6) is 5.75 Å². The van der Waals surface area contributed by atoms with Crippen LogP contribution in [0.2, 0.25) is 0 Å². The summed E-state index contributed by atoms with van der Waals surface area (Å²) >= 11 is 0. The molecule has 6 amide bonds. The largest absolute Gasteiger partial charge is 0.508 e. The summed E-state index contributed by atoms with van der Waals surface area (Å²) in [6, 6.07) is 0.495. The predicted molar refractivity (Wildman–Crippen MR) is 174 cm³/mol. The Morgan fingerprint density at radius 2 is 1.60 bits per heavy atom. The van der Waals surface area contributed by atoms with Gasteiger partial charge in [0.15, 0.2) is 0 Å². The van der Waals surface area contributed by atoms with Gasteiger partial charge in [-0.2, -0.15) is 0 Å². The summed E-state index contributed by atoms with van der Waals surface area (Å²) in [6.07, 6.45) is 0.884. The predicted octanol–water partition coefficient (Wildman–Crippen LogP) is -1.12. The lowest BCUT2D eigenvalue weighted by Gasteiger charge is -2.32. The highest BCUT2D eigenvalue weighted by Crippen LogP contribution is 2.22. The van der Waals surface area contributed by atoms with Gasteiger partial charge in [0.25, 0.3) is 0 Å². The summed E-state index contributed by atoms with van der Waals surface area (Å²) in [7, 11) is 0. The first-order valence-corrected chi connectivity index (χ1v) is 16.1. The Labute approximate surface area is 279 Å². The summed E-state index contributed by atoms with van der Waals surface area (Å²) in [6.45, 7) is 6.68. The molecule has 1 fully saturated rings. The molecule has 16 nitrogen and oxygen atoms in total. The van der Waals surface area contributed by atoms with E-state index in [4.69, 9.17) is 11.5 Å². The molecular formula is C32H49N7O9. The van der Waals surface area contributed by atoms with Gasteiger partial charge in [-0.15, -0.1) is 0 Å². The second-order valence-electron chi connectivity index (χ2n) is 12.4. The molecule has 0 aromatic heterocycles. The normalized spacial score (nSPS) is 17.4. The van der Waals surface area contributed by atoms with Gasteiger partial charge in [0.05, 0.1) is 12.6 Å². The zero-order valence-electron chi connectivity index (χ0n) is 27.9. The fraction of sp³-hybridized carbons (Fsp3) is 0.594. The Balaban J connectivity index is 2.09. The number of likely N-dealkylation sites (tertiary alicyclic amines) is 1. The molecule has 0 bridgehead atoms. The molecule has 10 N–H and O–H groups in total. The van der Waals surface area contributed by atoms with Gasteiger partial charge in [0.1, 0.15) is 29.9 Å². The molecule has 0 aliphatic carbocycles. The SMILES string of the molecule is CC[C@H](C)[C@H](NC(=O)CNC(=O)[C@H](CCC(N)=O)NC(=O)[C@@H](N)C(C)C)C(=O)N1CCC[C@H]1C(=O)N[C@@H](Cc1ccc(O)cc1)C(=O)O. The topological polar surface area (TPSA) is 263 Å². The van der Waals surface area contributed by atoms with Crippen LogP contribution in [0.15, 0.2) is 24.3 Å². The smallest absolute Gasteiger partial charge is 0.326 e.